The van der Waals surface area contributed by atoms with Gasteiger partial charge in [0.15, 0.2) is 0 Å². The Morgan fingerprint density at radius 1 is 1.24 bits per heavy atom. The molecule has 1 heterocycles. The summed E-state index contributed by atoms with van der Waals surface area (Å²) in [5.74, 6) is -2.70. The summed E-state index contributed by atoms with van der Waals surface area (Å²) in [5, 5.41) is 8.77. The number of halogens is 4. The fourth-order valence-corrected chi connectivity index (χ4v) is 1.75. The molecule has 0 saturated heterocycles. The van der Waals surface area contributed by atoms with Crippen LogP contribution >= 0.6 is 0 Å². The van der Waals surface area contributed by atoms with Crippen LogP contribution in [-0.2, 0) is 6.18 Å². The van der Waals surface area contributed by atoms with Gasteiger partial charge in [0, 0.05) is 11.3 Å². The second kappa shape index (κ2) is 5.04. The lowest BCUT2D eigenvalue weighted by Gasteiger charge is -2.09. The molecule has 1 aromatic heterocycles. The van der Waals surface area contributed by atoms with Crippen LogP contribution in [0, 0.1) is 5.82 Å². The highest BCUT2D eigenvalue weighted by Crippen LogP contribution is 2.31. The smallest absolute Gasteiger partial charge is 0.433 e. The maximum atomic E-state index is 13.7. The molecule has 4 nitrogen and oxygen atoms in total. The molecule has 21 heavy (non-hydrogen) atoms. The summed E-state index contributed by atoms with van der Waals surface area (Å²) in [7, 11) is 0. The van der Waals surface area contributed by atoms with E-state index in [4.69, 9.17) is 10.8 Å². The molecule has 0 aliphatic rings. The second-order valence-electron chi connectivity index (χ2n) is 4.13. The molecule has 0 radical (unpaired) electrons. The van der Waals surface area contributed by atoms with Crippen molar-refractivity contribution in [3.05, 3.63) is 47.4 Å². The number of nitrogens with zero attached hydrogens (tertiary/aromatic N) is 1. The van der Waals surface area contributed by atoms with E-state index in [0.717, 1.165) is 24.3 Å². The average molecular weight is 300 g/mol. The van der Waals surface area contributed by atoms with Gasteiger partial charge in [-0.25, -0.2) is 14.2 Å². The third kappa shape index (κ3) is 2.93. The number of aromatic nitrogens is 1. The van der Waals surface area contributed by atoms with E-state index in [0.29, 0.717) is 0 Å². The van der Waals surface area contributed by atoms with Gasteiger partial charge in [-0.3, -0.25) is 0 Å². The quantitative estimate of drug-likeness (QED) is 0.659. The summed E-state index contributed by atoms with van der Waals surface area (Å²) in [4.78, 5) is 14.2. The number of alkyl halides is 3. The SMILES string of the molecule is Nc1cc(-c2cccc(C(F)(F)F)n2)cc(F)c1C(=O)O. The van der Waals surface area contributed by atoms with Crippen molar-refractivity contribution >= 4 is 11.7 Å². The maximum Gasteiger partial charge on any atom is 0.433 e. The minimum Gasteiger partial charge on any atom is -0.478 e. The van der Waals surface area contributed by atoms with E-state index < -0.39 is 34.9 Å². The van der Waals surface area contributed by atoms with Crippen molar-refractivity contribution < 1.29 is 27.5 Å². The van der Waals surface area contributed by atoms with Crippen molar-refractivity contribution in [2.45, 2.75) is 6.18 Å². The van der Waals surface area contributed by atoms with E-state index in [2.05, 4.69) is 4.98 Å². The zero-order valence-electron chi connectivity index (χ0n) is 10.3. The molecule has 2 rings (SSSR count). The minimum atomic E-state index is -4.64. The van der Waals surface area contributed by atoms with Gasteiger partial charge in [0.2, 0.25) is 0 Å². The Morgan fingerprint density at radius 3 is 2.43 bits per heavy atom. The van der Waals surface area contributed by atoms with E-state index in [1.54, 1.807) is 0 Å². The number of hydrogen-bond acceptors (Lipinski definition) is 3. The summed E-state index contributed by atoms with van der Waals surface area (Å²) in [6.07, 6.45) is -4.64. The molecule has 3 N–H and O–H groups in total. The first-order chi connectivity index (χ1) is 9.70. The van der Waals surface area contributed by atoms with E-state index >= 15 is 0 Å². The Bertz CT molecular complexity index is 691. The van der Waals surface area contributed by atoms with Crippen LogP contribution in [0.5, 0.6) is 0 Å². The number of nitrogens with two attached hydrogens (primary N) is 1. The van der Waals surface area contributed by atoms with Crippen molar-refractivity contribution in [2.75, 3.05) is 5.73 Å². The molecule has 0 unspecified atom stereocenters. The van der Waals surface area contributed by atoms with E-state index in [-0.39, 0.29) is 11.3 Å². The molecule has 0 atom stereocenters. The molecular formula is C13H8F4N2O2. The number of nitrogen functional groups attached to an aromatic ring is 1. The van der Waals surface area contributed by atoms with Gasteiger partial charge in [-0.1, -0.05) is 6.07 Å². The first kappa shape index (κ1) is 14.8. The topological polar surface area (TPSA) is 76.2 Å². The van der Waals surface area contributed by atoms with Crippen molar-refractivity contribution in [2.24, 2.45) is 0 Å². The number of carboxylic acid groups (broad SMARTS) is 1. The summed E-state index contributed by atoms with van der Waals surface area (Å²) < 4.78 is 51.4. The number of benzene rings is 1. The van der Waals surface area contributed by atoms with E-state index in [1.807, 2.05) is 0 Å². The van der Waals surface area contributed by atoms with Crippen molar-refractivity contribution in [1.82, 2.24) is 4.98 Å². The predicted octanol–water partition coefficient (Wildman–Crippen LogP) is 3.19. The zero-order valence-corrected chi connectivity index (χ0v) is 10.3. The number of carboxylic acids is 1. The number of rotatable bonds is 2. The monoisotopic (exact) mass is 300 g/mol. The highest BCUT2D eigenvalue weighted by atomic mass is 19.4. The number of anilines is 1. The molecule has 0 aliphatic carbocycles. The molecule has 0 amide bonds. The molecule has 0 saturated carbocycles. The fraction of sp³-hybridized carbons (Fsp3) is 0.0769. The minimum absolute atomic E-state index is 0.0406. The van der Waals surface area contributed by atoms with Crippen LogP contribution < -0.4 is 5.73 Å². The lowest BCUT2D eigenvalue weighted by molar-refractivity contribution is -0.141. The van der Waals surface area contributed by atoms with Gasteiger partial charge < -0.3 is 10.8 Å². The molecule has 0 bridgehead atoms. The van der Waals surface area contributed by atoms with Crippen LogP contribution in [0.25, 0.3) is 11.3 Å². The first-order valence-electron chi connectivity index (χ1n) is 5.57. The molecule has 8 heteroatoms. The van der Waals surface area contributed by atoms with Crippen LogP contribution in [0.4, 0.5) is 23.2 Å². The van der Waals surface area contributed by atoms with Crippen molar-refractivity contribution in [3.8, 4) is 11.3 Å². The molecule has 0 fully saturated rings. The predicted molar refractivity (Wildman–Crippen MR) is 66.0 cm³/mol. The Hall–Kier alpha value is -2.64. The zero-order chi connectivity index (χ0) is 15.8. The standard InChI is InChI=1S/C13H8F4N2O2/c14-7-4-6(5-8(18)11(7)12(20)21)9-2-1-3-10(19-9)13(15,16)17/h1-5H,18H2,(H,20,21). The third-order valence-corrected chi connectivity index (χ3v) is 2.67. The number of pyridine rings is 1. The number of aromatic carboxylic acids is 1. The summed E-state index contributed by atoms with van der Waals surface area (Å²) in [5.41, 5.74) is 2.95. The van der Waals surface area contributed by atoms with Crippen LogP contribution in [0.1, 0.15) is 16.1 Å². The Balaban J connectivity index is 2.56. The molecular weight excluding hydrogens is 292 g/mol. The van der Waals surface area contributed by atoms with Crippen molar-refractivity contribution in [1.29, 1.82) is 0 Å². The second-order valence-corrected chi connectivity index (χ2v) is 4.13. The van der Waals surface area contributed by atoms with Gasteiger partial charge in [0.1, 0.15) is 17.1 Å². The van der Waals surface area contributed by atoms with Gasteiger partial charge >= 0.3 is 12.1 Å². The lowest BCUT2D eigenvalue weighted by Crippen LogP contribution is -2.09. The summed E-state index contributed by atoms with van der Waals surface area (Å²) >= 11 is 0. The number of hydrogen-bond donors (Lipinski definition) is 2. The van der Waals surface area contributed by atoms with Gasteiger partial charge in [-0.05, 0) is 24.3 Å². The van der Waals surface area contributed by atoms with Crippen LogP contribution in [0.15, 0.2) is 30.3 Å². The third-order valence-electron chi connectivity index (χ3n) is 2.67. The molecule has 2 aromatic rings. The van der Waals surface area contributed by atoms with Crippen LogP contribution in [0.2, 0.25) is 0 Å². The first-order valence-corrected chi connectivity index (χ1v) is 5.57. The highest BCUT2D eigenvalue weighted by Gasteiger charge is 2.32. The Morgan fingerprint density at radius 2 is 1.90 bits per heavy atom. The molecule has 0 aliphatic heterocycles. The Kier molecular flexibility index (Phi) is 3.54. The van der Waals surface area contributed by atoms with Crippen LogP contribution in [-0.4, -0.2) is 16.1 Å². The van der Waals surface area contributed by atoms with Crippen LogP contribution in [0.3, 0.4) is 0 Å². The average Bonchev–Trinajstić information content (AvgIpc) is 2.36. The number of carbonyl (C=O) groups is 1. The lowest BCUT2D eigenvalue weighted by atomic mass is 10.1. The molecule has 1 aromatic carbocycles. The van der Waals surface area contributed by atoms with Gasteiger partial charge in [0.25, 0.3) is 0 Å². The van der Waals surface area contributed by atoms with Gasteiger partial charge in [0.05, 0.1) is 5.69 Å². The fourth-order valence-electron chi connectivity index (χ4n) is 1.75. The van der Waals surface area contributed by atoms with E-state index in [9.17, 15) is 22.4 Å². The summed E-state index contributed by atoms with van der Waals surface area (Å²) in [6.45, 7) is 0. The van der Waals surface area contributed by atoms with E-state index in [1.165, 1.54) is 6.07 Å². The highest BCUT2D eigenvalue weighted by molar-refractivity contribution is 5.95. The normalized spacial score (nSPS) is 11.4. The summed E-state index contributed by atoms with van der Waals surface area (Å²) in [6, 6.07) is 4.97. The maximum absolute atomic E-state index is 13.7. The largest absolute Gasteiger partial charge is 0.478 e. The van der Waals surface area contributed by atoms with Crippen molar-refractivity contribution in [3.63, 3.8) is 0 Å². The molecule has 0 spiro atoms. The van der Waals surface area contributed by atoms with Gasteiger partial charge in [-0.2, -0.15) is 13.2 Å². The Labute approximate surface area is 115 Å². The molecule has 110 valence electrons. The van der Waals surface area contributed by atoms with Gasteiger partial charge in [-0.15, -0.1) is 0 Å².